The number of halogens is 1. The standard InChI is InChI=1S/C19H18ClN3O5/c1-19(12-4-6-13(27-2)7-5-12)17(25)23(18(26)22-19)21-10-11-8-14(20)16(24)15(9-11)28-3/h4-10,24H,1-3H3,(H,22,26)/b21-10+/t19-/m0/s1. The number of urea groups is 1. The van der Waals surface area contributed by atoms with Gasteiger partial charge in [-0.25, -0.2) is 4.79 Å². The van der Waals surface area contributed by atoms with Gasteiger partial charge in [0.05, 0.1) is 25.5 Å². The highest BCUT2D eigenvalue weighted by Gasteiger charge is 2.49. The van der Waals surface area contributed by atoms with Gasteiger partial charge < -0.3 is 19.9 Å². The van der Waals surface area contributed by atoms with E-state index in [1.165, 1.54) is 25.5 Å². The second kappa shape index (κ2) is 7.40. The summed E-state index contributed by atoms with van der Waals surface area (Å²) >= 11 is 5.94. The molecule has 2 aromatic rings. The Morgan fingerprint density at radius 2 is 1.86 bits per heavy atom. The average Bonchev–Trinajstić information content (AvgIpc) is 2.92. The third-order valence-corrected chi connectivity index (χ3v) is 4.72. The van der Waals surface area contributed by atoms with Crippen molar-refractivity contribution in [2.75, 3.05) is 14.2 Å². The Balaban J connectivity index is 1.87. The fourth-order valence-electron chi connectivity index (χ4n) is 2.80. The molecule has 1 atom stereocenters. The van der Waals surface area contributed by atoms with Gasteiger partial charge in [0.15, 0.2) is 11.5 Å². The van der Waals surface area contributed by atoms with Crippen LogP contribution in [0.4, 0.5) is 4.79 Å². The van der Waals surface area contributed by atoms with Crippen molar-refractivity contribution in [2.24, 2.45) is 5.10 Å². The number of rotatable bonds is 5. The normalized spacial score (nSPS) is 19.2. The minimum absolute atomic E-state index is 0.0565. The summed E-state index contributed by atoms with van der Waals surface area (Å²) in [7, 11) is 2.92. The maximum Gasteiger partial charge on any atom is 0.346 e. The van der Waals surface area contributed by atoms with Crippen molar-refractivity contribution < 1.29 is 24.2 Å². The number of nitrogens with one attached hydrogen (secondary N) is 1. The average molecular weight is 404 g/mol. The highest BCUT2D eigenvalue weighted by Crippen LogP contribution is 2.35. The van der Waals surface area contributed by atoms with Crippen molar-refractivity contribution in [1.82, 2.24) is 10.3 Å². The van der Waals surface area contributed by atoms with E-state index in [4.69, 9.17) is 21.1 Å². The molecule has 1 heterocycles. The molecule has 0 radical (unpaired) electrons. The van der Waals surface area contributed by atoms with Crippen LogP contribution in [0.15, 0.2) is 41.5 Å². The van der Waals surface area contributed by atoms with Crippen molar-refractivity contribution in [1.29, 1.82) is 0 Å². The smallest absolute Gasteiger partial charge is 0.346 e. The Hall–Kier alpha value is -3.26. The zero-order valence-corrected chi connectivity index (χ0v) is 16.1. The summed E-state index contributed by atoms with van der Waals surface area (Å²) < 4.78 is 10.1. The highest BCUT2D eigenvalue weighted by atomic mass is 35.5. The fraction of sp³-hybridized carbons (Fsp3) is 0.211. The molecule has 3 rings (SSSR count). The molecule has 1 fully saturated rings. The van der Waals surface area contributed by atoms with E-state index in [9.17, 15) is 14.7 Å². The van der Waals surface area contributed by atoms with E-state index >= 15 is 0 Å². The number of methoxy groups -OCH3 is 2. The van der Waals surface area contributed by atoms with Crippen molar-refractivity contribution in [3.8, 4) is 17.2 Å². The van der Waals surface area contributed by atoms with Crippen LogP contribution in [0.5, 0.6) is 17.2 Å². The fourth-order valence-corrected chi connectivity index (χ4v) is 3.02. The first kappa shape index (κ1) is 19.5. The number of nitrogens with zero attached hydrogens (tertiary/aromatic N) is 2. The number of phenols is 1. The molecule has 1 aliphatic rings. The Morgan fingerprint density at radius 1 is 1.18 bits per heavy atom. The number of hydrazone groups is 1. The Kier molecular flexibility index (Phi) is 5.15. The van der Waals surface area contributed by atoms with E-state index in [-0.39, 0.29) is 16.5 Å². The lowest BCUT2D eigenvalue weighted by molar-refractivity contribution is -0.131. The lowest BCUT2D eigenvalue weighted by Crippen LogP contribution is -2.40. The van der Waals surface area contributed by atoms with Crippen LogP contribution in [-0.4, -0.2) is 42.5 Å². The van der Waals surface area contributed by atoms with Gasteiger partial charge in [-0.2, -0.15) is 5.10 Å². The summed E-state index contributed by atoms with van der Waals surface area (Å²) in [5.41, 5.74) is -0.220. The van der Waals surface area contributed by atoms with E-state index in [2.05, 4.69) is 10.4 Å². The number of benzene rings is 2. The van der Waals surface area contributed by atoms with Crippen molar-refractivity contribution in [3.63, 3.8) is 0 Å². The van der Waals surface area contributed by atoms with Crippen molar-refractivity contribution in [2.45, 2.75) is 12.5 Å². The van der Waals surface area contributed by atoms with Crippen LogP contribution in [0.25, 0.3) is 0 Å². The summed E-state index contributed by atoms with van der Waals surface area (Å²) in [5, 5.41) is 17.2. The molecule has 8 nitrogen and oxygen atoms in total. The van der Waals surface area contributed by atoms with Crippen LogP contribution >= 0.6 is 11.6 Å². The number of aromatic hydroxyl groups is 1. The lowest BCUT2D eigenvalue weighted by Gasteiger charge is -2.21. The molecule has 0 aliphatic carbocycles. The van der Waals surface area contributed by atoms with Crippen LogP contribution in [0.1, 0.15) is 18.1 Å². The van der Waals surface area contributed by atoms with Gasteiger partial charge in [-0.05, 0) is 42.3 Å². The molecular formula is C19H18ClN3O5. The molecule has 2 aromatic carbocycles. The molecular weight excluding hydrogens is 386 g/mol. The number of imide groups is 1. The summed E-state index contributed by atoms with van der Waals surface area (Å²) in [5.74, 6) is 0.0468. The van der Waals surface area contributed by atoms with E-state index in [1.54, 1.807) is 38.3 Å². The maximum atomic E-state index is 12.9. The first-order chi connectivity index (χ1) is 13.3. The van der Waals surface area contributed by atoms with Crippen molar-refractivity contribution in [3.05, 3.63) is 52.5 Å². The van der Waals surface area contributed by atoms with Gasteiger partial charge in [-0.15, -0.1) is 5.01 Å². The van der Waals surface area contributed by atoms with Crippen LogP contribution in [0.3, 0.4) is 0 Å². The van der Waals surface area contributed by atoms with E-state index in [0.717, 1.165) is 5.01 Å². The number of hydrogen-bond donors (Lipinski definition) is 2. The minimum Gasteiger partial charge on any atom is -0.503 e. The van der Waals surface area contributed by atoms with Gasteiger partial charge in [0.2, 0.25) is 0 Å². The molecule has 1 saturated heterocycles. The predicted octanol–water partition coefficient (Wildman–Crippen LogP) is 2.86. The summed E-state index contributed by atoms with van der Waals surface area (Å²) in [6.07, 6.45) is 1.28. The van der Waals surface area contributed by atoms with Gasteiger partial charge in [-0.1, -0.05) is 23.7 Å². The van der Waals surface area contributed by atoms with Gasteiger partial charge in [0.25, 0.3) is 5.91 Å². The Bertz CT molecular complexity index is 961. The van der Waals surface area contributed by atoms with E-state index < -0.39 is 17.5 Å². The number of carbonyl (C=O) groups is 2. The number of ether oxygens (including phenoxy) is 2. The predicted molar refractivity (Wildman–Crippen MR) is 103 cm³/mol. The minimum atomic E-state index is -1.26. The summed E-state index contributed by atoms with van der Waals surface area (Å²) in [6, 6.07) is 9.07. The molecule has 28 heavy (non-hydrogen) atoms. The van der Waals surface area contributed by atoms with Crippen LogP contribution in [0.2, 0.25) is 5.02 Å². The molecule has 0 aromatic heterocycles. The Morgan fingerprint density at radius 3 is 2.46 bits per heavy atom. The summed E-state index contributed by atoms with van der Waals surface area (Å²) in [4.78, 5) is 25.2. The Labute approximate surface area is 166 Å². The van der Waals surface area contributed by atoms with Gasteiger partial charge in [-0.3, -0.25) is 4.79 Å². The quantitative estimate of drug-likeness (QED) is 0.590. The second-order valence-corrected chi connectivity index (χ2v) is 6.61. The molecule has 2 N–H and O–H groups in total. The number of carbonyl (C=O) groups excluding carboxylic acids is 2. The molecule has 1 aliphatic heterocycles. The highest BCUT2D eigenvalue weighted by molar-refractivity contribution is 6.32. The molecule has 9 heteroatoms. The maximum absolute atomic E-state index is 12.9. The van der Waals surface area contributed by atoms with Gasteiger partial charge in [0, 0.05) is 0 Å². The third-order valence-electron chi connectivity index (χ3n) is 4.43. The van der Waals surface area contributed by atoms with E-state index in [1.807, 2.05) is 0 Å². The van der Waals surface area contributed by atoms with Gasteiger partial charge >= 0.3 is 6.03 Å². The van der Waals surface area contributed by atoms with E-state index in [0.29, 0.717) is 16.9 Å². The van der Waals surface area contributed by atoms with Gasteiger partial charge in [0.1, 0.15) is 11.3 Å². The lowest BCUT2D eigenvalue weighted by atomic mass is 9.92. The largest absolute Gasteiger partial charge is 0.503 e. The van der Waals surface area contributed by atoms with Crippen LogP contribution in [-0.2, 0) is 10.3 Å². The number of amides is 3. The molecule has 0 bridgehead atoms. The van der Waals surface area contributed by atoms with Crippen LogP contribution in [0, 0.1) is 0 Å². The van der Waals surface area contributed by atoms with Crippen molar-refractivity contribution >= 4 is 29.8 Å². The zero-order chi connectivity index (χ0) is 20.5. The molecule has 3 amide bonds. The molecule has 0 spiro atoms. The topological polar surface area (TPSA) is 100 Å². The monoisotopic (exact) mass is 403 g/mol. The first-order valence-electron chi connectivity index (χ1n) is 8.22. The second-order valence-electron chi connectivity index (χ2n) is 6.20. The zero-order valence-electron chi connectivity index (χ0n) is 15.4. The molecule has 0 saturated carbocycles. The summed E-state index contributed by atoms with van der Waals surface area (Å²) in [6.45, 7) is 1.60. The first-order valence-corrected chi connectivity index (χ1v) is 8.59. The van der Waals surface area contributed by atoms with Crippen LogP contribution < -0.4 is 14.8 Å². The SMILES string of the molecule is COc1ccc([C@]2(C)NC(=O)N(/N=C/c3cc(Cl)c(O)c(OC)c3)C2=O)cc1. The number of hydrogen-bond acceptors (Lipinski definition) is 6. The third kappa shape index (κ3) is 3.34. The molecule has 146 valence electrons. The number of phenolic OH excluding ortho intramolecular Hbond substituents is 1. The molecule has 0 unspecified atom stereocenters.